The predicted octanol–water partition coefficient (Wildman–Crippen LogP) is 4.61. The second-order valence-electron chi connectivity index (χ2n) is 5.42. The number of carbonyl (C=O) groups is 1. The number of benzene rings is 2. The highest BCUT2D eigenvalue weighted by atomic mass is 32.2. The molecule has 0 radical (unpaired) electrons. The molecular weight excluding hydrogens is 264 g/mol. The molecule has 2 aromatic carbocycles. The lowest BCUT2D eigenvalue weighted by molar-refractivity contribution is 0.0924. The second kappa shape index (κ2) is 5.84. The maximum absolute atomic E-state index is 12.4. The molecule has 0 spiro atoms. The molecule has 0 aliphatic carbocycles. The maximum Gasteiger partial charge on any atom is 0.165 e. The largest absolute Gasteiger partial charge is 0.294 e. The Bertz CT molecular complexity index is 581. The van der Waals surface area contributed by atoms with Gasteiger partial charge in [0.05, 0.1) is 0 Å². The first kappa shape index (κ1) is 13.4. The summed E-state index contributed by atoms with van der Waals surface area (Å²) in [6.45, 7) is 2.05. The smallest absolute Gasteiger partial charge is 0.165 e. The lowest BCUT2D eigenvalue weighted by Crippen LogP contribution is -2.16. The van der Waals surface area contributed by atoms with Crippen LogP contribution in [-0.4, -0.2) is 11.0 Å². The number of carbonyl (C=O) groups excluding carboxylic acids is 1. The molecule has 0 aromatic heterocycles. The molecule has 2 atom stereocenters. The van der Waals surface area contributed by atoms with Crippen LogP contribution in [0.5, 0.6) is 0 Å². The molecule has 0 bridgehead atoms. The van der Waals surface area contributed by atoms with Crippen LogP contribution in [-0.2, 0) is 6.42 Å². The average Bonchev–Trinajstić information content (AvgIpc) is 2.89. The highest BCUT2D eigenvalue weighted by Crippen LogP contribution is 2.39. The molecule has 1 aliphatic heterocycles. The fourth-order valence-corrected chi connectivity index (χ4v) is 4.24. The summed E-state index contributed by atoms with van der Waals surface area (Å²) < 4.78 is 0. The van der Waals surface area contributed by atoms with Crippen LogP contribution >= 0.6 is 11.8 Å². The molecule has 3 rings (SSSR count). The van der Waals surface area contributed by atoms with Gasteiger partial charge >= 0.3 is 0 Å². The minimum Gasteiger partial charge on any atom is -0.294 e. The van der Waals surface area contributed by atoms with Crippen molar-refractivity contribution in [2.24, 2.45) is 5.92 Å². The Morgan fingerprint density at radius 2 is 1.85 bits per heavy atom. The van der Waals surface area contributed by atoms with Crippen molar-refractivity contribution >= 4 is 17.5 Å². The summed E-state index contributed by atoms with van der Waals surface area (Å²) in [4.78, 5) is 13.8. The van der Waals surface area contributed by atoms with Crippen molar-refractivity contribution in [2.45, 2.75) is 29.9 Å². The molecule has 2 unspecified atom stereocenters. The monoisotopic (exact) mass is 282 g/mol. The third-order valence-electron chi connectivity index (χ3n) is 3.84. The van der Waals surface area contributed by atoms with Crippen molar-refractivity contribution in [3.63, 3.8) is 0 Å². The van der Waals surface area contributed by atoms with E-state index in [1.165, 1.54) is 10.5 Å². The molecule has 0 saturated heterocycles. The highest BCUT2D eigenvalue weighted by molar-refractivity contribution is 8.00. The number of rotatable bonds is 4. The molecule has 1 nitrogen and oxygen atoms in total. The lowest BCUT2D eigenvalue weighted by Gasteiger charge is -2.14. The van der Waals surface area contributed by atoms with Crippen LogP contribution in [0.2, 0.25) is 0 Å². The molecule has 0 fully saturated rings. The van der Waals surface area contributed by atoms with Gasteiger partial charge < -0.3 is 0 Å². The first-order valence-electron chi connectivity index (χ1n) is 7.08. The third kappa shape index (κ3) is 2.80. The number of hydrogen-bond acceptors (Lipinski definition) is 2. The van der Waals surface area contributed by atoms with E-state index in [9.17, 15) is 4.79 Å². The summed E-state index contributed by atoms with van der Waals surface area (Å²) in [6.07, 6.45) is 2.04. The van der Waals surface area contributed by atoms with Crippen LogP contribution in [0.15, 0.2) is 59.5 Å². The summed E-state index contributed by atoms with van der Waals surface area (Å²) >= 11 is 1.92. The van der Waals surface area contributed by atoms with E-state index < -0.39 is 0 Å². The lowest BCUT2D eigenvalue weighted by atomic mass is 9.93. The fourth-order valence-electron chi connectivity index (χ4n) is 2.77. The molecule has 1 heterocycles. The topological polar surface area (TPSA) is 17.1 Å². The summed E-state index contributed by atoms with van der Waals surface area (Å²) in [5, 5.41) is 0.537. The maximum atomic E-state index is 12.4. The number of hydrogen-bond donors (Lipinski definition) is 0. The van der Waals surface area contributed by atoms with Gasteiger partial charge in [-0.25, -0.2) is 0 Å². The van der Waals surface area contributed by atoms with Gasteiger partial charge in [0.25, 0.3) is 0 Å². The van der Waals surface area contributed by atoms with Crippen molar-refractivity contribution < 1.29 is 4.79 Å². The summed E-state index contributed by atoms with van der Waals surface area (Å²) in [5.74, 6) is 0.353. The van der Waals surface area contributed by atoms with E-state index in [1.54, 1.807) is 0 Å². The minimum atomic E-state index is 0.0872. The number of thioether (sulfide) groups is 1. The van der Waals surface area contributed by atoms with Gasteiger partial charge in [0.2, 0.25) is 0 Å². The zero-order chi connectivity index (χ0) is 13.9. The molecule has 20 heavy (non-hydrogen) atoms. The van der Waals surface area contributed by atoms with Crippen molar-refractivity contribution in [2.75, 3.05) is 0 Å². The van der Waals surface area contributed by atoms with Crippen molar-refractivity contribution in [3.8, 4) is 0 Å². The van der Waals surface area contributed by atoms with E-state index >= 15 is 0 Å². The summed E-state index contributed by atoms with van der Waals surface area (Å²) in [6, 6.07) is 18.2. The Hall–Kier alpha value is -1.54. The van der Waals surface area contributed by atoms with Crippen LogP contribution < -0.4 is 0 Å². The fraction of sp³-hybridized carbons (Fsp3) is 0.278. The van der Waals surface area contributed by atoms with Gasteiger partial charge in [0.1, 0.15) is 0 Å². The van der Waals surface area contributed by atoms with Gasteiger partial charge in [-0.3, -0.25) is 4.79 Å². The predicted molar refractivity (Wildman–Crippen MR) is 84.3 cm³/mol. The Morgan fingerprint density at radius 1 is 1.15 bits per heavy atom. The minimum absolute atomic E-state index is 0.0872. The van der Waals surface area contributed by atoms with Crippen LogP contribution in [0.1, 0.15) is 29.3 Å². The van der Waals surface area contributed by atoms with E-state index in [0.29, 0.717) is 5.25 Å². The first-order chi connectivity index (χ1) is 9.74. The number of ketones is 1. The first-order valence-corrected chi connectivity index (χ1v) is 7.96. The van der Waals surface area contributed by atoms with E-state index in [0.717, 1.165) is 18.4 Å². The summed E-state index contributed by atoms with van der Waals surface area (Å²) in [7, 11) is 0. The number of fused-ring (bicyclic) bond motifs is 1. The normalized spacial score (nSPS) is 18.6. The van der Waals surface area contributed by atoms with Crippen LogP contribution in [0.3, 0.4) is 0 Å². The van der Waals surface area contributed by atoms with Gasteiger partial charge in [-0.1, -0.05) is 55.5 Å². The molecule has 2 heteroatoms. The zero-order valence-electron chi connectivity index (χ0n) is 11.6. The van der Waals surface area contributed by atoms with Crippen molar-refractivity contribution in [1.29, 1.82) is 0 Å². The van der Waals surface area contributed by atoms with E-state index in [4.69, 9.17) is 0 Å². The van der Waals surface area contributed by atoms with Crippen LogP contribution in [0.4, 0.5) is 0 Å². The quantitative estimate of drug-likeness (QED) is 0.762. The Kier molecular flexibility index (Phi) is 3.93. The zero-order valence-corrected chi connectivity index (χ0v) is 12.4. The van der Waals surface area contributed by atoms with Gasteiger partial charge in [-0.2, -0.15) is 0 Å². The standard InChI is InChI=1S/C18H18OS/c1-13(18(19)14-7-3-2-4-8-14)11-16-12-15-9-5-6-10-17(15)20-16/h2-10,13,16H,11-12H2,1H3. The van der Waals surface area contributed by atoms with E-state index in [-0.39, 0.29) is 11.7 Å². The van der Waals surface area contributed by atoms with Crippen molar-refractivity contribution in [3.05, 3.63) is 65.7 Å². The Labute approximate surface area is 124 Å². The Balaban J connectivity index is 1.64. The molecule has 2 aromatic rings. The van der Waals surface area contributed by atoms with Gasteiger partial charge in [0, 0.05) is 21.6 Å². The molecular formula is C18H18OS. The summed E-state index contributed by atoms with van der Waals surface area (Å²) in [5.41, 5.74) is 2.27. The SMILES string of the molecule is CC(CC1Cc2ccccc2S1)C(=O)c1ccccc1. The Morgan fingerprint density at radius 3 is 2.60 bits per heavy atom. The van der Waals surface area contributed by atoms with Crippen LogP contribution in [0.25, 0.3) is 0 Å². The molecule has 0 N–H and O–H groups in total. The average molecular weight is 282 g/mol. The highest BCUT2D eigenvalue weighted by Gasteiger charge is 2.26. The number of Topliss-reactive ketones (excluding diaryl/α,β-unsaturated/α-hetero) is 1. The third-order valence-corrected chi connectivity index (χ3v) is 5.18. The van der Waals surface area contributed by atoms with E-state index in [2.05, 4.69) is 31.2 Å². The van der Waals surface area contributed by atoms with E-state index in [1.807, 2.05) is 42.1 Å². The van der Waals surface area contributed by atoms with Crippen LogP contribution in [0, 0.1) is 5.92 Å². The van der Waals surface area contributed by atoms with Gasteiger partial charge in [-0.05, 0) is 24.5 Å². The van der Waals surface area contributed by atoms with Gasteiger partial charge in [-0.15, -0.1) is 11.8 Å². The molecule has 0 amide bonds. The van der Waals surface area contributed by atoms with Gasteiger partial charge in [0.15, 0.2) is 5.78 Å². The molecule has 0 saturated carbocycles. The second-order valence-corrected chi connectivity index (χ2v) is 6.76. The van der Waals surface area contributed by atoms with Crippen molar-refractivity contribution in [1.82, 2.24) is 0 Å². The molecule has 102 valence electrons. The molecule has 1 aliphatic rings.